The lowest BCUT2D eigenvalue weighted by molar-refractivity contribution is -0.143. The minimum absolute atomic E-state index is 0.0140. The second-order valence-corrected chi connectivity index (χ2v) is 20.3. The fourth-order valence-corrected chi connectivity index (χ4v) is 9.28. The van der Waals surface area contributed by atoms with Gasteiger partial charge in [-0.25, -0.2) is 0 Å². The lowest BCUT2D eigenvalue weighted by Crippen LogP contribution is -2.45. The van der Waals surface area contributed by atoms with Gasteiger partial charge in [-0.1, -0.05) is 296 Å². The van der Waals surface area contributed by atoms with Gasteiger partial charge in [-0.2, -0.15) is 0 Å². The maximum absolute atomic E-state index is 12.4. The molecule has 65 heavy (non-hydrogen) atoms. The molecule has 0 saturated carbocycles. The molecule has 3 N–H and O–H groups in total. The van der Waals surface area contributed by atoms with Crippen LogP contribution in [0, 0.1) is 0 Å². The maximum Gasteiger partial charge on any atom is 0.305 e. The third-order valence-corrected chi connectivity index (χ3v) is 13.8. The van der Waals surface area contributed by atoms with Gasteiger partial charge in [0.15, 0.2) is 0 Å². The van der Waals surface area contributed by atoms with E-state index in [1.807, 2.05) is 6.08 Å². The molecule has 2 unspecified atom stereocenters. The Morgan fingerprint density at radius 2 is 0.708 bits per heavy atom. The van der Waals surface area contributed by atoms with Crippen molar-refractivity contribution in [3.05, 3.63) is 12.2 Å². The number of carbonyl (C=O) groups is 2. The zero-order chi connectivity index (χ0) is 47.2. The molecule has 2 atom stereocenters. The highest BCUT2D eigenvalue weighted by Crippen LogP contribution is 2.18. The molecule has 0 aliphatic carbocycles. The Morgan fingerprint density at radius 3 is 1.05 bits per heavy atom. The van der Waals surface area contributed by atoms with Crippen molar-refractivity contribution in [1.82, 2.24) is 5.32 Å². The SMILES string of the molecule is CCCCCCCCCCCCC/C=C/C(O)C(CO)NC(=O)CCCCCCCCCCCCCCCCCCCCCCCOC(=O)CCCCCCCCCCCCCCCC. The molecule has 0 fully saturated rings. The average molecular weight is 919 g/mol. The topological polar surface area (TPSA) is 95.9 Å². The summed E-state index contributed by atoms with van der Waals surface area (Å²) in [7, 11) is 0. The van der Waals surface area contributed by atoms with Gasteiger partial charge in [0.25, 0.3) is 0 Å². The first-order valence-corrected chi connectivity index (χ1v) is 29.5. The van der Waals surface area contributed by atoms with E-state index < -0.39 is 12.1 Å². The van der Waals surface area contributed by atoms with Crippen LogP contribution in [-0.2, 0) is 14.3 Å². The third-order valence-electron chi connectivity index (χ3n) is 13.8. The first-order chi connectivity index (χ1) is 32.0. The highest BCUT2D eigenvalue weighted by Gasteiger charge is 2.18. The van der Waals surface area contributed by atoms with Crippen molar-refractivity contribution in [1.29, 1.82) is 0 Å². The summed E-state index contributed by atoms with van der Waals surface area (Å²) in [5.74, 6) is -0.0538. The molecule has 0 aromatic heterocycles. The lowest BCUT2D eigenvalue weighted by atomic mass is 10.0. The van der Waals surface area contributed by atoms with Gasteiger partial charge in [0.05, 0.1) is 25.4 Å². The molecule has 0 saturated heterocycles. The standard InChI is InChI=1S/C59H115NO5/c1-3-5-7-9-11-13-15-17-29-33-37-41-45-49-53-59(64)65-54-50-46-42-38-34-30-26-24-22-20-18-19-21-23-25-28-32-36-40-44-48-52-58(63)60-56(55-61)57(62)51-47-43-39-35-31-27-16-14-12-10-8-6-4-2/h47,51,56-57,61-62H,3-46,48-50,52-55H2,1-2H3,(H,60,63)/b51-47+. The minimum atomic E-state index is -0.843. The Labute approximate surface area is 406 Å². The van der Waals surface area contributed by atoms with Crippen LogP contribution in [0.2, 0.25) is 0 Å². The number of esters is 1. The predicted octanol–water partition coefficient (Wildman–Crippen LogP) is 18.1. The second kappa shape index (κ2) is 55.2. The van der Waals surface area contributed by atoms with E-state index in [-0.39, 0.29) is 18.5 Å². The molecule has 0 bridgehead atoms. The van der Waals surface area contributed by atoms with Crippen molar-refractivity contribution in [2.45, 2.75) is 341 Å². The summed E-state index contributed by atoms with van der Waals surface area (Å²) in [5.41, 5.74) is 0. The van der Waals surface area contributed by atoms with Crippen LogP contribution in [-0.4, -0.2) is 47.4 Å². The van der Waals surface area contributed by atoms with Gasteiger partial charge in [-0.05, 0) is 32.1 Å². The molecule has 0 heterocycles. The predicted molar refractivity (Wildman–Crippen MR) is 283 cm³/mol. The monoisotopic (exact) mass is 918 g/mol. The molecule has 0 radical (unpaired) electrons. The summed E-state index contributed by atoms with van der Waals surface area (Å²) >= 11 is 0. The van der Waals surface area contributed by atoms with E-state index in [1.54, 1.807) is 6.08 Å². The van der Waals surface area contributed by atoms with Crippen LogP contribution < -0.4 is 5.32 Å². The van der Waals surface area contributed by atoms with Crippen LogP contribution in [0.5, 0.6) is 0 Å². The van der Waals surface area contributed by atoms with Gasteiger partial charge in [0.1, 0.15) is 0 Å². The first kappa shape index (κ1) is 63.6. The van der Waals surface area contributed by atoms with Gasteiger partial charge in [-0.3, -0.25) is 9.59 Å². The summed E-state index contributed by atoms with van der Waals surface area (Å²) < 4.78 is 5.48. The Kier molecular flexibility index (Phi) is 54.0. The molecule has 0 spiro atoms. The molecule has 0 rings (SSSR count). The molecule has 1 amide bonds. The molecule has 0 aliphatic heterocycles. The van der Waals surface area contributed by atoms with Crippen molar-refractivity contribution >= 4 is 11.9 Å². The Balaban J connectivity index is 3.38. The summed E-state index contributed by atoms with van der Waals surface area (Å²) in [5, 5.41) is 23.1. The van der Waals surface area contributed by atoms with Gasteiger partial charge in [0, 0.05) is 12.8 Å². The largest absolute Gasteiger partial charge is 0.466 e. The highest BCUT2D eigenvalue weighted by molar-refractivity contribution is 5.76. The Morgan fingerprint density at radius 1 is 0.415 bits per heavy atom. The van der Waals surface area contributed by atoms with E-state index in [0.717, 1.165) is 38.5 Å². The summed E-state index contributed by atoms with van der Waals surface area (Å²) in [4.78, 5) is 24.5. The Bertz CT molecular complexity index is 970. The van der Waals surface area contributed by atoms with Crippen LogP contribution in [0.15, 0.2) is 12.2 Å². The number of hydrogen-bond acceptors (Lipinski definition) is 5. The van der Waals surface area contributed by atoms with Gasteiger partial charge in [0.2, 0.25) is 5.91 Å². The van der Waals surface area contributed by atoms with Crippen LogP contribution in [0.1, 0.15) is 328 Å². The van der Waals surface area contributed by atoms with Crippen LogP contribution >= 0.6 is 0 Å². The van der Waals surface area contributed by atoms with E-state index in [4.69, 9.17) is 4.74 Å². The van der Waals surface area contributed by atoms with Crippen LogP contribution in [0.3, 0.4) is 0 Å². The van der Waals surface area contributed by atoms with E-state index in [1.165, 1.54) is 263 Å². The van der Waals surface area contributed by atoms with Crippen molar-refractivity contribution in [2.75, 3.05) is 13.2 Å². The number of unbranched alkanes of at least 4 members (excludes halogenated alkanes) is 44. The minimum Gasteiger partial charge on any atom is -0.466 e. The lowest BCUT2D eigenvalue weighted by Gasteiger charge is -2.20. The number of carbonyl (C=O) groups excluding carboxylic acids is 2. The summed E-state index contributed by atoms with van der Waals surface area (Å²) in [6.07, 6.45) is 65.2. The molecular weight excluding hydrogens is 803 g/mol. The molecule has 0 aromatic carbocycles. The van der Waals surface area contributed by atoms with Crippen molar-refractivity contribution in [2.24, 2.45) is 0 Å². The summed E-state index contributed by atoms with van der Waals surface area (Å²) in [6.45, 7) is 4.92. The number of aliphatic hydroxyl groups excluding tert-OH is 2. The van der Waals surface area contributed by atoms with Gasteiger partial charge >= 0.3 is 5.97 Å². The van der Waals surface area contributed by atoms with Crippen molar-refractivity contribution in [3.63, 3.8) is 0 Å². The number of hydrogen-bond donors (Lipinski definition) is 3. The van der Waals surface area contributed by atoms with Crippen molar-refractivity contribution < 1.29 is 24.5 Å². The number of ether oxygens (including phenoxy) is 1. The number of allylic oxidation sites excluding steroid dienone is 1. The molecule has 386 valence electrons. The Hall–Kier alpha value is -1.40. The smallest absolute Gasteiger partial charge is 0.305 e. The van der Waals surface area contributed by atoms with E-state index in [2.05, 4.69) is 19.2 Å². The zero-order valence-corrected chi connectivity index (χ0v) is 44.0. The van der Waals surface area contributed by atoms with E-state index in [0.29, 0.717) is 19.4 Å². The molecule has 0 aliphatic rings. The number of amides is 1. The van der Waals surface area contributed by atoms with Crippen LogP contribution in [0.4, 0.5) is 0 Å². The fourth-order valence-electron chi connectivity index (χ4n) is 9.28. The van der Waals surface area contributed by atoms with E-state index in [9.17, 15) is 19.8 Å². The highest BCUT2D eigenvalue weighted by atomic mass is 16.5. The van der Waals surface area contributed by atoms with Crippen LogP contribution in [0.25, 0.3) is 0 Å². The number of aliphatic hydroxyl groups is 2. The molecule has 0 aromatic rings. The second-order valence-electron chi connectivity index (χ2n) is 20.3. The fraction of sp³-hybridized carbons (Fsp3) is 0.932. The first-order valence-electron chi connectivity index (χ1n) is 29.5. The average Bonchev–Trinajstić information content (AvgIpc) is 3.31. The molecular formula is C59H115NO5. The zero-order valence-electron chi connectivity index (χ0n) is 44.0. The quantitative estimate of drug-likeness (QED) is 0.0321. The van der Waals surface area contributed by atoms with Gasteiger partial charge in [-0.15, -0.1) is 0 Å². The number of rotatable bonds is 55. The normalized spacial score (nSPS) is 12.6. The maximum atomic E-state index is 12.4. The van der Waals surface area contributed by atoms with E-state index >= 15 is 0 Å². The molecule has 6 nitrogen and oxygen atoms in total. The molecule has 6 heteroatoms. The van der Waals surface area contributed by atoms with Crippen molar-refractivity contribution in [3.8, 4) is 0 Å². The summed E-state index contributed by atoms with van der Waals surface area (Å²) in [6, 6.07) is -0.627. The van der Waals surface area contributed by atoms with Gasteiger partial charge < -0.3 is 20.3 Å². The third kappa shape index (κ3) is 51.8. The number of nitrogens with one attached hydrogen (secondary N) is 1.